The van der Waals surface area contributed by atoms with Crippen LogP contribution in [-0.4, -0.2) is 30.4 Å². The Hall–Kier alpha value is -3.08. The molecule has 0 atom stereocenters. The smallest absolute Gasteiger partial charge is 0.242 e. The van der Waals surface area contributed by atoms with Crippen molar-refractivity contribution in [3.63, 3.8) is 0 Å². The first-order chi connectivity index (χ1) is 13.1. The van der Waals surface area contributed by atoms with Gasteiger partial charge in [-0.15, -0.1) is 0 Å². The summed E-state index contributed by atoms with van der Waals surface area (Å²) in [5.41, 5.74) is 2.17. The highest BCUT2D eigenvalue weighted by atomic mass is 16.2. The van der Waals surface area contributed by atoms with E-state index in [2.05, 4.69) is 16.4 Å². The molecule has 2 N–H and O–H groups in total. The van der Waals surface area contributed by atoms with Gasteiger partial charge in [0.05, 0.1) is 0 Å². The molecule has 0 aliphatic heterocycles. The van der Waals surface area contributed by atoms with Crippen molar-refractivity contribution < 1.29 is 9.59 Å². The summed E-state index contributed by atoms with van der Waals surface area (Å²) in [5, 5.41) is 4.15. The van der Waals surface area contributed by atoms with Gasteiger partial charge in [0.2, 0.25) is 11.8 Å². The summed E-state index contributed by atoms with van der Waals surface area (Å²) in [5.74, 6) is -0.284. The predicted molar refractivity (Wildman–Crippen MR) is 107 cm³/mol. The molecule has 5 heteroatoms. The minimum absolute atomic E-state index is 0.127. The van der Waals surface area contributed by atoms with Gasteiger partial charge in [-0.25, -0.2) is 0 Å². The van der Waals surface area contributed by atoms with E-state index in [0.29, 0.717) is 19.4 Å². The molecule has 5 nitrogen and oxygen atoms in total. The van der Waals surface area contributed by atoms with Crippen molar-refractivity contribution in [1.29, 1.82) is 0 Å². The molecule has 1 aliphatic rings. The Morgan fingerprint density at radius 1 is 1.07 bits per heavy atom. The molecule has 1 heterocycles. The summed E-state index contributed by atoms with van der Waals surface area (Å²) in [7, 11) is 1.73. The molecule has 1 aromatic heterocycles. The number of anilines is 1. The standard InChI is InChI=1S/C22H23N3O2/c1-25(17-7-3-2-4-8-17)21(27)22(12-13-22)20(26)23-14-11-16-15-24-19-10-6-5-9-18(16)19/h2-10,15,24H,11-14H2,1H3,(H,23,26). The number of aromatic amines is 1. The predicted octanol–water partition coefficient (Wildman–Crippen LogP) is 3.27. The van der Waals surface area contributed by atoms with Gasteiger partial charge in [0.25, 0.3) is 0 Å². The lowest BCUT2D eigenvalue weighted by Crippen LogP contribution is -2.44. The molecule has 0 saturated heterocycles. The van der Waals surface area contributed by atoms with Gasteiger partial charge in [-0.05, 0) is 43.0 Å². The monoisotopic (exact) mass is 361 g/mol. The fourth-order valence-electron chi connectivity index (χ4n) is 3.57. The van der Waals surface area contributed by atoms with E-state index >= 15 is 0 Å². The number of hydrogen-bond acceptors (Lipinski definition) is 2. The van der Waals surface area contributed by atoms with E-state index in [9.17, 15) is 9.59 Å². The lowest BCUT2D eigenvalue weighted by molar-refractivity contribution is -0.135. The number of nitrogens with zero attached hydrogens (tertiary/aromatic N) is 1. The van der Waals surface area contributed by atoms with Crippen LogP contribution >= 0.6 is 0 Å². The Labute approximate surface area is 158 Å². The first kappa shape index (κ1) is 17.3. The third-order valence-corrected chi connectivity index (χ3v) is 5.40. The maximum absolute atomic E-state index is 12.9. The van der Waals surface area contributed by atoms with Gasteiger partial charge >= 0.3 is 0 Å². The summed E-state index contributed by atoms with van der Waals surface area (Å²) in [6.07, 6.45) is 3.94. The van der Waals surface area contributed by atoms with Crippen LogP contribution < -0.4 is 10.2 Å². The Morgan fingerprint density at radius 3 is 2.52 bits per heavy atom. The third kappa shape index (κ3) is 3.21. The van der Waals surface area contributed by atoms with Crippen LogP contribution in [0.3, 0.4) is 0 Å². The molecule has 0 spiro atoms. The number of amides is 2. The van der Waals surface area contributed by atoms with Crippen LogP contribution in [0.1, 0.15) is 18.4 Å². The lowest BCUT2D eigenvalue weighted by Gasteiger charge is -2.23. The van der Waals surface area contributed by atoms with Crippen LogP contribution in [-0.2, 0) is 16.0 Å². The molecule has 3 aromatic rings. The van der Waals surface area contributed by atoms with E-state index < -0.39 is 5.41 Å². The van der Waals surface area contributed by atoms with Gasteiger partial charge in [-0.3, -0.25) is 9.59 Å². The van der Waals surface area contributed by atoms with E-state index in [1.54, 1.807) is 11.9 Å². The molecule has 138 valence electrons. The number of aromatic nitrogens is 1. The van der Waals surface area contributed by atoms with Crippen LogP contribution in [0, 0.1) is 5.41 Å². The maximum atomic E-state index is 12.9. The zero-order valence-electron chi connectivity index (χ0n) is 15.4. The van der Waals surface area contributed by atoms with Gasteiger partial charge in [-0.2, -0.15) is 0 Å². The second kappa shape index (κ2) is 6.91. The highest BCUT2D eigenvalue weighted by Crippen LogP contribution is 2.47. The number of fused-ring (bicyclic) bond motifs is 1. The van der Waals surface area contributed by atoms with E-state index in [0.717, 1.165) is 17.6 Å². The Balaban J connectivity index is 1.38. The Kier molecular flexibility index (Phi) is 4.44. The lowest BCUT2D eigenvalue weighted by atomic mass is 10.0. The molecule has 0 unspecified atom stereocenters. The fourth-order valence-corrected chi connectivity index (χ4v) is 3.57. The fraction of sp³-hybridized carbons (Fsp3) is 0.273. The minimum atomic E-state index is -0.898. The summed E-state index contributed by atoms with van der Waals surface area (Å²) < 4.78 is 0. The second-order valence-electron chi connectivity index (χ2n) is 7.15. The van der Waals surface area contributed by atoms with Crippen LogP contribution in [0.5, 0.6) is 0 Å². The molecule has 1 aliphatic carbocycles. The van der Waals surface area contributed by atoms with Crippen molar-refractivity contribution in [1.82, 2.24) is 10.3 Å². The van der Waals surface area contributed by atoms with Crippen molar-refractivity contribution in [2.24, 2.45) is 5.41 Å². The number of nitrogens with one attached hydrogen (secondary N) is 2. The van der Waals surface area contributed by atoms with Crippen molar-refractivity contribution >= 4 is 28.4 Å². The normalized spacial score (nSPS) is 14.7. The van der Waals surface area contributed by atoms with E-state index in [1.165, 1.54) is 10.9 Å². The Bertz CT molecular complexity index is 973. The van der Waals surface area contributed by atoms with Gasteiger partial charge in [0.15, 0.2) is 0 Å². The maximum Gasteiger partial charge on any atom is 0.242 e. The van der Waals surface area contributed by atoms with Gasteiger partial charge in [0, 0.05) is 36.4 Å². The molecule has 1 saturated carbocycles. The van der Waals surface area contributed by atoms with Crippen LogP contribution in [0.25, 0.3) is 10.9 Å². The zero-order valence-corrected chi connectivity index (χ0v) is 15.4. The van der Waals surface area contributed by atoms with E-state index in [-0.39, 0.29) is 11.8 Å². The number of carbonyl (C=O) groups is 2. The highest BCUT2D eigenvalue weighted by Gasteiger charge is 2.57. The van der Waals surface area contributed by atoms with Crippen molar-refractivity contribution in [2.45, 2.75) is 19.3 Å². The number of para-hydroxylation sites is 2. The van der Waals surface area contributed by atoms with Crippen LogP contribution in [0.2, 0.25) is 0 Å². The summed E-state index contributed by atoms with van der Waals surface area (Å²) in [6.45, 7) is 0.519. The topological polar surface area (TPSA) is 65.2 Å². The Morgan fingerprint density at radius 2 is 1.78 bits per heavy atom. The number of H-pyrrole nitrogens is 1. The van der Waals surface area contributed by atoms with Crippen molar-refractivity contribution in [3.8, 4) is 0 Å². The molecule has 2 aromatic carbocycles. The number of benzene rings is 2. The zero-order chi connectivity index (χ0) is 18.9. The molecular formula is C22H23N3O2. The summed E-state index contributed by atoms with van der Waals surface area (Å²) >= 11 is 0. The van der Waals surface area contributed by atoms with E-state index in [4.69, 9.17) is 0 Å². The van der Waals surface area contributed by atoms with Crippen LogP contribution in [0.15, 0.2) is 60.8 Å². The molecule has 1 fully saturated rings. The average molecular weight is 361 g/mol. The SMILES string of the molecule is CN(C(=O)C1(C(=O)NCCc2c[nH]c3ccccc23)CC1)c1ccccc1. The molecule has 27 heavy (non-hydrogen) atoms. The van der Waals surface area contributed by atoms with Gasteiger partial charge in [-0.1, -0.05) is 36.4 Å². The second-order valence-corrected chi connectivity index (χ2v) is 7.15. The van der Waals surface area contributed by atoms with E-state index in [1.807, 2.05) is 54.7 Å². The van der Waals surface area contributed by atoms with Crippen molar-refractivity contribution in [3.05, 3.63) is 66.4 Å². The first-order valence-corrected chi connectivity index (χ1v) is 9.28. The van der Waals surface area contributed by atoms with Gasteiger partial charge in [0.1, 0.15) is 5.41 Å². The number of carbonyl (C=O) groups excluding carboxylic acids is 2. The molecule has 4 rings (SSSR count). The quantitative estimate of drug-likeness (QED) is 0.662. The molecule has 2 amide bonds. The largest absolute Gasteiger partial charge is 0.361 e. The minimum Gasteiger partial charge on any atom is -0.361 e. The average Bonchev–Trinajstić information content (AvgIpc) is 3.43. The summed E-state index contributed by atoms with van der Waals surface area (Å²) in [4.78, 5) is 30.5. The molecular weight excluding hydrogens is 338 g/mol. The van der Waals surface area contributed by atoms with Crippen LogP contribution in [0.4, 0.5) is 5.69 Å². The molecule has 0 radical (unpaired) electrons. The summed E-state index contributed by atoms with van der Waals surface area (Å²) in [6, 6.07) is 17.6. The molecule has 0 bridgehead atoms. The first-order valence-electron chi connectivity index (χ1n) is 9.28. The number of rotatable bonds is 6. The number of hydrogen-bond donors (Lipinski definition) is 2. The van der Waals surface area contributed by atoms with Crippen molar-refractivity contribution in [2.75, 3.05) is 18.5 Å². The highest BCUT2D eigenvalue weighted by molar-refractivity contribution is 6.13. The third-order valence-electron chi connectivity index (χ3n) is 5.40. The van der Waals surface area contributed by atoms with Gasteiger partial charge < -0.3 is 15.2 Å².